The molecule has 0 N–H and O–H groups in total. The molecule has 0 unspecified atom stereocenters. The van der Waals surface area contributed by atoms with Gasteiger partial charge in [0, 0.05) is 39.4 Å². The number of carbonyl (C=O) groups excluding carboxylic acids is 1. The van der Waals surface area contributed by atoms with Gasteiger partial charge in [0.1, 0.15) is 11.0 Å². The predicted molar refractivity (Wildman–Crippen MR) is 96.4 cm³/mol. The molecule has 1 aromatic carbocycles. The summed E-state index contributed by atoms with van der Waals surface area (Å²) in [7, 11) is 1.89. The second-order valence-electron chi connectivity index (χ2n) is 7.46. The molecule has 7 nitrogen and oxygen atoms in total. The highest BCUT2D eigenvalue weighted by atomic mass is 16.6. The van der Waals surface area contributed by atoms with E-state index in [1.807, 2.05) is 30.1 Å². The molecule has 3 heterocycles. The highest BCUT2D eigenvalue weighted by Gasteiger charge is 2.31. The first kappa shape index (κ1) is 17.4. The summed E-state index contributed by atoms with van der Waals surface area (Å²) in [6.45, 7) is 4.25. The van der Waals surface area contributed by atoms with Crippen molar-refractivity contribution in [2.45, 2.75) is 38.3 Å². The number of amides is 1. The average Bonchev–Trinajstić information content (AvgIpc) is 3.16. The fourth-order valence-electron chi connectivity index (χ4n) is 4.18. The minimum absolute atomic E-state index is 0.0917. The number of nitrogens with zero attached hydrogens (tertiary/aromatic N) is 4. The molecular formula is C19H26N4O3. The van der Waals surface area contributed by atoms with E-state index in [2.05, 4.69) is 15.2 Å². The molecule has 2 aromatic rings. The lowest BCUT2D eigenvalue weighted by atomic mass is 9.93. The van der Waals surface area contributed by atoms with Crippen LogP contribution in [0.4, 0.5) is 0 Å². The van der Waals surface area contributed by atoms with Crippen LogP contribution in [0, 0.1) is 5.92 Å². The van der Waals surface area contributed by atoms with Gasteiger partial charge in [0.25, 0.3) is 0 Å². The smallest absolute Gasteiger partial charge is 0.227 e. The van der Waals surface area contributed by atoms with Crippen LogP contribution in [0.15, 0.2) is 22.8 Å². The summed E-state index contributed by atoms with van der Waals surface area (Å²) in [5.74, 6) is 0.328. The van der Waals surface area contributed by atoms with Crippen LogP contribution in [0.25, 0.3) is 11.0 Å². The largest absolute Gasteiger partial charge is 0.381 e. The monoisotopic (exact) mass is 358 g/mol. The van der Waals surface area contributed by atoms with Gasteiger partial charge in [-0.1, -0.05) is 6.07 Å². The minimum atomic E-state index is 0.0917. The molecule has 0 radical (unpaired) electrons. The Balaban J connectivity index is 1.37. The van der Waals surface area contributed by atoms with E-state index in [4.69, 9.17) is 9.37 Å². The molecule has 0 bridgehead atoms. The number of piperidine rings is 1. The van der Waals surface area contributed by atoms with Gasteiger partial charge >= 0.3 is 0 Å². The molecule has 1 amide bonds. The molecule has 2 aliphatic rings. The Hall–Kier alpha value is -1.99. The van der Waals surface area contributed by atoms with Crippen LogP contribution in [-0.4, -0.2) is 65.4 Å². The van der Waals surface area contributed by atoms with Gasteiger partial charge in [-0.3, -0.25) is 9.69 Å². The zero-order chi connectivity index (χ0) is 17.9. The van der Waals surface area contributed by atoms with E-state index >= 15 is 0 Å². The van der Waals surface area contributed by atoms with E-state index in [-0.39, 0.29) is 11.8 Å². The lowest BCUT2D eigenvalue weighted by Crippen LogP contribution is -2.48. The number of likely N-dealkylation sites (tertiary alicyclic amines) is 1. The van der Waals surface area contributed by atoms with E-state index in [0.29, 0.717) is 12.6 Å². The highest BCUT2D eigenvalue weighted by molar-refractivity contribution is 5.79. The maximum absolute atomic E-state index is 13.0. The number of hydrogen-bond acceptors (Lipinski definition) is 6. The van der Waals surface area contributed by atoms with Crippen LogP contribution in [-0.2, 0) is 16.1 Å². The SMILES string of the molecule is CN(Cc1ccc2nonc2c1)C(=O)[C@@H]1CCCN(C2CCOCC2)C1. The number of fused-ring (bicyclic) bond motifs is 1. The third kappa shape index (κ3) is 3.73. The quantitative estimate of drug-likeness (QED) is 0.833. The molecular weight excluding hydrogens is 332 g/mol. The van der Waals surface area contributed by atoms with Crippen molar-refractivity contribution in [2.75, 3.05) is 33.4 Å². The van der Waals surface area contributed by atoms with Crippen molar-refractivity contribution in [1.82, 2.24) is 20.1 Å². The van der Waals surface area contributed by atoms with Crippen molar-refractivity contribution in [1.29, 1.82) is 0 Å². The predicted octanol–water partition coefficient (Wildman–Crippen LogP) is 2.07. The number of rotatable bonds is 4. The zero-order valence-corrected chi connectivity index (χ0v) is 15.3. The van der Waals surface area contributed by atoms with E-state index in [0.717, 1.165) is 68.6 Å². The number of aromatic nitrogens is 2. The Labute approximate surface area is 153 Å². The first-order valence-corrected chi connectivity index (χ1v) is 9.48. The van der Waals surface area contributed by atoms with E-state index in [9.17, 15) is 4.79 Å². The maximum atomic E-state index is 13.0. The van der Waals surface area contributed by atoms with Gasteiger partial charge in [-0.2, -0.15) is 0 Å². The first-order valence-electron chi connectivity index (χ1n) is 9.48. The molecule has 2 fully saturated rings. The maximum Gasteiger partial charge on any atom is 0.227 e. The second kappa shape index (κ2) is 7.72. The van der Waals surface area contributed by atoms with Crippen molar-refractivity contribution < 1.29 is 14.2 Å². The van der Waals surface area contributed by atoms with Crippen molar-refractivity contribution in [3.8, 4) is 0 Å². The summed E-state index contributed by atoms with van der Waals surface area (Å²) in [6.07, 6.45) is 4.25. The average molecular weight is 358 g/mol. The summed E-state index contributed by atoms with van der Waals surface area (Å²) in [5, 5.41) is 7.70. The van der Waals surface area contributed by atoms with Crippen molar-refractivity contribution in [3.05, 3.63) is 23.8 Å². The lowest BCUT2D eigenvalue weighted by Gasteiger charge is -2.40. The highest BCUT2D eigenvalue weighted by Crippen LogP contribution is 2.25. The summed E-state index contributed by atoms with van der Waals surface area (Å²) < 4.78 is 10.2. The van der Waals surface area contributed by atoms with Crippen LogP contribution < -0.4 is 0 Å². The minimum Gasteiger partial charge on any atom is -0.381 e. The molecule has 0 aliphatic carbocycles. The van der Waals surface area contributed by atoms with Gasteiger partial charge in [-0.15, -0.1) is 0 Å². The van der Waals surface area contributed by atoms with Crippen LogP contribution in [0.5, 0.6) is 0 Å². The summed E-state index contributed by atoms with van der Waals surface area (Å²) in [6, 6.07) is 6.37. The van der Waals surface area contributed by atoms with Gasteiger partial charge in [-0.25, -0.2) is 4.63 Å². The van der Waals surface area contributed by atoms with Gasteiger partial charge in [0.2, 0.25) is 5.91 Å². The Kier molecular flexibility index (Phi) is 5.17. The van der Waals surface area contributed by atoms with Crippen LogP contribution in [0.1, 0.15) is 31.2 Å². The molecule has 2 aliphatic heterocycles. The molecule has 0 spiro atoms. The standard InChI is InChI=1S/C19H26N4O3/c1-22(12-14-4-5-17-18(11-14)21-26-20-17)19(24)15-3-2-8-23(13-15)16-6-9-25-10-7-16/h4-5,11,15-16H,2-3,6-10,12-13H2,1H3/t15-/m1/s1. The summed E-state index contributed by atoms with van der Waals surface area (Å²) in [5.41, 5.74) is 2.51. The normalized spacial score (nSPS) is 22.6. The second-order valence-corrected chi connectivity index (χ2v) is 7.46. The number of carbonyl (C=O) groups is 1. The molecule has 26 heavy (non-hydrogen) atoms. The van der Waals surface area contributed by atoms with Gasteiger partial charge < -0.3 is 9.64 Å². The molecule has 1 atom stereocenters. The summed E-state index contributed by atoms with van der Waals surface area (Å²) >= 11 is 0. The van der Waals surface area contributed by atoms with Crippen LogP contribution >= 0.6 is 0 Å². The fourth-order valence-corrected chi connectivity index (χ4v) is 4.18. The number of ether oxygens (including phenoxy) is 1. The molecule has 140 valence electrons. The molecule has 0 saturated carbocycles. The third-order valence-electron chi connectivity index (χ3n) is 5.62. The van der Waals surface area contributed by atoms with Crippen molar-refractivity contribution in [2.24, 2.45) is 5.92 Å². The van der Waals surface area contributed by atoms with Crippen LogP contribution in [0.2, 0.25) is 0 Å². The zero-order valence-electron chi connectivity index (χ0n) is 15.3. The Bertz CT molecular complexity index is 756. The van der Waals surface area contributed by atoms with Gasteiger partial charge in [0.15, 0.2) is 0 Å². The van der Waals surface area contributed by atoms with Gasteiger partial charge in [0.05, 0.1) is 5.92 Å². The molecule has 4 rings (SSSR count). The topological polar surface area (TPSA) is 71.7 Å². The van der Waals surface area contributed by atoms with Crippen LogP contribution in [0.3, 0.4) is 0 Å². The van der Waals surface area contributed by atoms with Crippen molar-refractivity contribution in [3.63, 3.8) is 0 Å². The molecule has 1 aromatic heterocycles. The Morgan fingerprint density at radius 2 is 2.04 bits per heavy atom. The molecule has 7 heteroatoms. The third-order valence-corrected chi connectivity index (χ3v) is 5.62. The Morgan fingerprint density at radius 1 is 1.23 bits per heavy atom. The van der Waals surface area contributed by atoms with Crippen molar-refractivity contribution >= 4 is 16.9 Å². The van der Waals surface area contributed by atoms with Gasteiger partial charge in [-0.05, 0) is 60.2 Å². The summed E-state index contributed by atoms with van der Waals surface area (Å²) in [4.78, 5) is 17.3. The number of hydrogen-bond donors (Lipinski definition) is 0. The van der Waals surface area contributed by atoms with E-state index in [1.165, 1.54) is 0 Å². The fraction of sp³-hybridized carbons (Fsp3) is 0.632. The first-order chi connectivity index (χ1) is 12.7. The van der Waals surface area contributed by atoms with E-state index in [1.54, 1.807) is 0 Å². The van der Waals surface area contributed by atoms with E-state index < -0.39 is 0 Å². The lowest BCUT2D eigenvalue weighted by molar-refractivity contribution is -0.137. The number of benzene rings is 1. The molecule has 2 saturated heterocycles. The Morgan fingerprint density at radius 3 is 2.88 bits per heavy atom.